The van der Waals surface area contributed by atoms with E-state index in [-0.39, 0.29) is 28.5 Å². The number of hydrogen-bond acceptors (Lipinski definition) is 2. The molecule has 0 aliphatic heterocycles. The molecule has 2 aromatic heterocycles. The van der Waals surface area contributed by atoms with Crippen molar-refractivity contribution in [2.75, 3.05) is 0 Å². The van der Waals surface area contributed by atoms with Crippen molar-refractivity contribution >= 4 is 23.2 Å². The van der Waals surface area contributed by atoms with Gasteiger partial charge in [-0.1, -0.05) is 24.1 Å². The van der Waals surface area contributed by atoms with Crippen molar-refractivity contribution in [1.29, 1.82) is 0 Å². The zero-order valence-electron chi connectivity index (χ0n) is 14.6. The number of carboxylic acid groups (broad SMARTS) is 1. The number of fused-ring (bicyclic) bond motifs is 1. The lowest BCUT2D eigenvalue weighted by Gasteiger charge is -2.26. The summed E-state index contributed by atoms with van der Waals surface area (Å²) in [7, 11) is 0. The molecule has 8 heteroatoms. The molecule has 3 aromatic rings. The first kappa shape index (κ1) is 18.8. The molecule has 1 saturated carbocycles. The van der Waals surface area contributed by atoms with Crippen LogP contribution in [0.2, 0.25) is 5.02 Å². The highest BCUT2D eigenvalue weighted by Crippen LogP contribution is 2.40. The fraction of sp³-hybridized carbons (Fsp3) is 0.300. The van der Waals surface area contributed by atoms with Crippen molar-refractivity contribution < 1.29 is 23.1 Å². The third-order valence-corrected chi connectivity index (χ3v) is 5.45. The molecule has 1 aliphatic carbocycles. The van der Waals surface area contributed by atoms with Crippen molar-refractivity contribution in [2.45, 2.75) is 37.8 Å². The SMILES string of the molecule is O=C(O)c1ccn2c(C3CCC3)c(Cc3ccc(Cl)cc3C(F)(F)F)nc2c1. The van der Waals surface area contributed by atoms with Crippen LogP contribution < -0.4 is 0 Å². The number of halogens is 4. The van der Waals surface area contributed by atoms with Gasteiger partial charge in [0, 0.05) is 29.3 Å². The van der Waals surface area contributed by atoms with Gasteiger partial charge in [-0.3, -0.25) is 0 Å². The molecule has 1 aromatic carbocycles. The Morgan fingerprint density at radius 3 is 2.61 bits per heavy atom. The van der Waals surface area contributed by atoms with Crippen molar-refractivity contribution in [2.24, 2.45) is 0 Å². The van der Waals surface area contributed by atoms with Gasteiger partial charge in [0.15, 0.2) is 0 Å². The third-order valence-electron chi connectivity index (χ3n) is 5.21. The summed E-state index contributed by atoms with van der Waals surface area (Å²) in [6, 6.07) is 6.67. The van der Waals surface area contributed by atoms with Crippen molar-refractivity contribution in [1.82, 2.24) is 9.38 Å². The van der Waals surface area contributed by atoms with E-state index >= 15 is 0 Å². The number of pyridine rings is 1. The van der Waals surface area contributed by atoms with Gasteiger partial charge in [-0.15, -0.1) is 0 Å². The number of rotatable bonds is 4. The lowest BCUT2D eigenvalue weighted by Crippen LogP contribution is -2.15. The van der Waals surface area contributed by atoms with Crippen LogP contribution in [0.3, 0.4) is 0 Å². The van der Waals surface area contributed by atoms with Crippen LogP contribution in [0.1, 0.15) is 58.1 Å². The van der Waals surface area contributed by atoms with Crippen LogP contribution in [-0.2, 0) is 12.6 Å². The molecule has 0 bridgehead atoms. The van der Waals surface area contributed by atoms with Crippen LogP contribution in [0.4, 0.5) is 13.2 Å². The first-order valence-corrected chi connectivity index (χ1v) is 9.21. The normalized spacial score (nSPS) is 15.0. The Morgan fingerprint density at radius 2 is 2.00 bits per heavy atom. The van der Waals surface area contributed by atoms with Crippen LogP contribution in [0.25, 0.3) is 5.65 Å². The quantitative estimate of drug-likeness (QED) is 0.614. The highest BCUT2D eigenvalue weighted by molar-refractivity contribution is 6.30. The van der Waals surface area contributed by atoms with Gasteiger partial charge in [0.25, 0.3) is 0 Å². The second-order valence-electron chi connectivity index (χ2n) is 7.00. The van der Waals surface area contributed by atoms with Gasteiger partial charge in [-0.05, 0) is 42.7 Å². The maximum Gasteiger partial charge on any atom is 0.416 e. The Balaban J connectivity index is 1.84. The lowest BCUT2D eigenvalue weighted by molar-refractivity contribution is -0.138. The number of imidazole rings is 1. The lowest BCUT2D eigenvalue weighted by atomic mass is 9.81. The van der Waals surface area contributed by atoms with Crippen LogP contribution in [-0.4, -0.2) is 20.5 Å². The number of carbonyl (C=O) groups is 1. The van der Waals surface area contributed by atoms with E-state index in [2.05, 4.69) is 4.98 Å². The molecule has 4 nitrogen and oxygen atoms in total. The van der Waals surface area contributed by atoms with E-state index in [1.807, 2.05) is 0 Å². The van der Waals surface area contributed by atoms with Gasteiger partial charge in [0.2, 0.25) is 0 Å². The summed E-state index contributed by atoms with van der Waals surface area (Å²) >= 11 is 5.78. The highest BCUT2D eigenvalue weighted by atomic mass is 35.5. The smallest absolute Gasteiger partial charge is 0.416 e. The Bertz CT molecular complexity index is 1070. The van der Waals surface area contributed by atoms with Gasteiger partial charge in [0.1, 0.15) is 5.65 Å². The van der Waals surface area contributed by atoms with Gasteiger partial charge in [-0.25, -0.2) is 9.78 Å². The van der Waals surface area contributed by atoms with E-state index < -0.39 is 17.7 Å². The van der Waals surface area contributed by atoms with Crippen molar-refractivity contribution in [3.05, 3.63) is 69.6 Å². The summed E-state index contributed by atoms with van der Waals surface area (Å²) in [6.45, 7) is 0. The van der Waals surface area contributed by atoms with E-state index in [1.165, 1.54) is 24.3 Å². The maximum atomic E-state index is 13.5. The van der Waals surface area contributed by atoms with Crippen LogP contribution in [0, 0.1) is 0 Å². The number of alkyl halides is 3. The van der Waals surface area contributed by atoms with Crippen molar-refractivity contribution in [3.63, 3.8) is 0 Å². The molecule has 2 heterocycles. The molecule has 1 N–H and O–H groups in total. The summed E-state index contributed by atoms with van der Waals surface area (Å²) in [5, 5.41) is 9.22. The van der Waals surface area contributed by atoms with E-state index in [0.29, 0.717) is 11.3 Å². The second kappa shape index (κ2) is 6.81. The van der Waals surface area contributed by atoms with Crippen LogP contribution >= 0.6 is 11.6 Å². The number of aromatic carboxylic acids is 1. The molecule has 0 amide bonds. The molecule has 4 rings (SSSR count). The molecule has 0 unspecified atom stereocenters. The summed E-state index contributed by atoms with van der Waals surface area (Å²) in [5.41, 5.74) is 1.24. The molecule has 146 valence electrons. The van der Waals surface area contributed by atoms with E-state index in [9.17, 15) is 23.1 Å². The Kier molecular flexibility index (Phi) is 4.57. The first-order valence-electron chi connectivity index (χ1n) is 8.84. The molecule has 1 fully saturated rings. The fourth-order valence-electron chi connectivity index (χ4n) is 3.64. The summed E-state index contributed by atoms with van der Waals surface area (Å²) in [6.07, 6.45) is 0.0473. The average Bonchev–Trinajstić information content (AvgIpc) is 2.91. The molecular weight excluding hydrogens is 393 g/mol. The van der Waals surface area contributed by atoms with Gasteiger partial charge in [-0.2, -0.15) is 13.2 Å². The van der Waals surface area contributed by atoms with Gasteiger partial charge in [0.05, 0.1) is 16.8 Å². The second-order valence-corrected chi connectivity index (χ2v) is 7.43. The maximum absolute atomic E-state index is 13.5. The Morgan fingerprint density at radius 1 is 1.25 bits per heavy atom. The Labute approximate surface area is 163 Å². The number of aromatic nitrogens is 2. The molecule has 0 radical (unpaired) electrons. The molecule has 0 saturated heterocycles. The minimum Gasteiger partial charge on any atom is -0.478 e. The minimum absolute atomic E-state index is 0.00191. The molecule has 0 spiro atoms. The highest BCUT2D eigenvalue weighted by Gasteiger charge is 2.34. The summed E-state index contributed by atoms with van der Waals surface area (Å²) < 4.78 is 42.2. The third kappa shape index (κ3) is 3.35. The average molecular weight is 409 g/mol. The standard InChI is InChI=1S/C20H16ClF3N2O2/c21-14-5-4-12(15(10-14)20(22,23)24)8-16-18(11-2-1-3-11)26-7-6-13(19(27)28)9-17(26)25-16/h4-7,9-11H,1-3,8H2,(H,27,28). The number of hydrogen-bond donors (Lipinski definition) is 1. The molecule has 28 heavy (non-hydrogen) atoms. The zero-order valence-corrected chi connectivity index (χ0v) is 15.4. The summed E-state index contributed by atoms with van der Waals surface area (Å²) in [5.74, 6) is -0.864. The molecular formula is C20H16ClF3N2O2. The largest absolute Gasteiger partial charge is 0.478 e. The monoisotopic (exact) mass is 408 g/mol. The van der Waals surface area contributed by atoms with E-state index in [1.54, 1.807) is 10.6 Å². The van der Waals surface area contributed by atoms with Gasteiger partial charge >= 0.3 is 12.1 Å². The number of carboxylic acids is 1. The predicted octanol–water partition coefficient (Wildman–Crippen LogP) is 5.56. The fourth-order valence-corrected chi connectivity index (χ4v) is 3.81. The first-order chi connectivity index (χ1) is 13.2. The van der Waals surface area contributed by atoms with E-state index in [4.69, 9.17) is 11.6 Å². The minimum atomic E-state index is -4.52. The molecule has 1 aliphatic rings. The number of benzene rings is 1. The van der Waals surface area contributed by atoms with Crippen molar-refractivity contribution in [3.8, 4) is 0 Å². The van der Waals surface area contributed by atoms with Crippen LogP contribution in [0.5, 0.6) is 0 Å². The summed E-state index contributed by atoms with van der Waals surface area (Å²) in [4.78, 5) is 15.7. The van der Waals surface area contributed by atoms with Crippen LogP contribution in [0.15, 0.2) is 36.5 Å². The number of nitrogens with zero attached hydrogens (tertiary/aromatic N) is 2. The van der Waals surface area contributed by atoms with E-state index in [0.717, 1.165) is 31.0 Å². The predicted molar refractivity (Wildman–Crippen MR) is 98.0 cm³/mol. The zero-order chi connectivity index (χ0) is 20.1. The van der Waals surface area contributed by atoms with Gasteiger partial charge < -0.3 is 9.51 Å². The topological polar surface area (TPSA) is 54.6 Å². The molecule has 0 atom stereocenters. The Hall–Kier alpha value is -2.54.